The van der Waals surface area contributed by atoms with E-state index >= 15 is 0 Å². The first-order chi connectivity index (χ1) is 6.70. The summed E-state index contributed by atoms with van der Waals surface area (Å²) >= 11 is 0. The summed E-state index contributed by atoms with van der Waals surface area (Å²) in [6.45, 7) is 0.421. The van der Waals surface area contributed by atoms with Gasteiger partial charge in [-0.2, -0.15) is 0 Å². The Morgan fingerprint density at radius 1 is 1.21 bits per heavy atom. The van der Waals surface area contributed by atoms with Crippen molar-refractivity contribution < 1.29 is 13.2 Å². The van der Waals surface area contributed by atoms with E-state index in [4.69, 9.17) is 10.2 Å². The van der Waals surface area contributed by atoms with E-state index in [0.717, 1.165) is 6.07 Å². The number of hydrogen-bond donors (Lipinski definition) is 1. The van der Waals surface area contributed by atoms with Crippen LogP contribution >= 0.6 is 0 Å². The monoisotopic (exact) mass is 197 g/mol. The first-order valence-corrected chi connectivity index (χ1v) is 4.28. The molecule has 0 aliphatic carbocycles. The number of nitrogens with two attached hydrogens (primary N) is 1. The Morgan fingerprint density at radius 3 is 2.71 bits per heavy atom. The molecule has 0 fully saturated rings. The van der Waals surface area contributed by atoms with E-state index in [1.165, 1.54) is 6.07 Å². The molecule has 4 heteroatoms. The van der Waals surface area contributed by atoms with E-state index in [1.807, 2.05) is 0 Å². The molecule has 0 aliphatic heterocycles. The lowest BCUT2D eigenvalue weighted by atomic mass is 10.2. The molecule has 0 spiro atoms. The molecule has 2 nitrogen and oxygen atoms in total. The lowest BCUT2D eigenvalue weighted by Gasteiger charge is -1.90. The molecule has 0 saturated carbocycles. The van der Waals surface area contributed by atoms with E-state index in [2.05, 4.69) is 0 Å². The van der Waals surface area contributed by atoms with Crippen molar-refractivity contribution in [1.82, 2.24) is 0 Å². The number of furan rings is 1. The average molecular weight is 197 g/mol. The van der Waals surface area contributed by atoms with Crippen molar-refractivity contribution in [3.8, 4) is 0 Å². The summed E-state index contributed by atoms with van der Waals surface area (Å²) in [4.78, 5) is 0. The lowest BCUT2D eigenvalue weighted by Crippen LogP contribution is -2.01. The Bertz CT molecular complexity index is 464. The van der Waals surface area contributed by atoms with E-state index in [-0.39, 0.29) is 5.58 Å². The van der Waals surface area contributed by atoms with Gasteiger partial charge >= 0.3 is 0 Å². The molecule has 0 unspecified atom stereocenters. The van der Waals surface area contributed by atoms with E-state index in [0.29, 0.717) is 24.1 Å². The lowest BCUT2D eigenvalue weighted by molar-refractivity contribution is 0.542. The highest BCUT2D eigenvalue weighted by Gasteiger charge is 2.09. The van der Waals surface area contributed by atoms with Crippen molar-refractivity contribution in [3.05, 3.63) is 35.6 Å². The molecule has 0 saturated heterocycles. The summed E-state index contributed by atoms with van der Waals surface area (Å²) in [5.41, 5.74) is 5.55. The predicted octanol–water partition coefficient (Wildman–Crippen LogP) is 2.21. The van der Waals surface area contributed by atoms with Crippen molar-refractivity contribution in [1.29, 1.82) is 0 Å². The average Bonchev–Trinajstić information content (AvgIpc) is 2.48. The van der Waals surface area contributed by atoms with Crippen molar-refractivity contribution in [2.75, 3.05) is 6.54 Å². The van der Waals surface area contributed by atoms with Crippen LogP contribution in [0.25, 0.3) is 11.0 Å². The maximum atomic E-state index is 13.2. The number of fused-ring (bicyclic) bond motifs is 1. The Balaban J connectivity index is 2.58. The largest absolute Gasteiger partial charge is 0.461 e. The van der Waals surface area contributed by atoms with Gasteiger partial charge in [-0.1, -0.05) is 0 Å². The highest BCUT2D eigenvalue weighted by molar-refractivity contribution is 5.78. The van der Waals surface area contributed by atoms with E-state index < -0.39 is 11.6 Å². The maximum absolute atomic E-state index is 13.2. The van der Waals surface area contributed by atoms with Crippen molar-refractivity contribution >= 4 is 11.0 Å². The molecule has 0 aliphatic rings. The van der Waals surface area contributed by atoms with Crippen LogP contribution < -0.4 is 5.73 Å². The normalized spacial score (nSPS) is 11.1. The third kappa shape index (κ3) is 1.48. The van der Waals surface area contributed by atoms with Gasteiger partial charge in [0.25, 0.3) is 0 Å². The molecule has 74 valence electrons. The molecule has 2 rings (SSSR count). The Labute approximate surface area is 79.3 Å². The minimum Gasteiger partial charge on any atom is -0.461 e. The Hall–Kier alpha value is -1.42. The van der Waals surface area contributed by atoms with Gasteiger partial charge in [0.05, 0.1) is 5.39 Å². The Kier molecular flexibility index (Phi) is 2.21. The third-order valence-electron chi connectivity index (χ3n) is 1.99. The molecule has 0 amide bonds. The molecule has 2 aromatic rings. The topological polar surface area (TPSA) is 39.2 Å². The minimum atomic E-state index is -0.636. The van der Waals surface area contributed by atoms with Crippen LogP contribution in [0.5, 0.6) is 0 Å². The third-order valence-corrected chi connectivity index (χ3v) is 1.99. The van der Waals surface area contributed by atoms with Gasteiger partial charge in [0.15, 0.2) is 0 Å². The minimum absolute atomic E-state index is 0.228. The first-order valence-electron chi connectivity index (χ1n) is 4.28. The van der Waals surface area contributed by atoms with Crippen LogP contribution in [0.15, 0.2) is 22.6 Å². The van der Waals surface area contributed by atoms with Gasteiger partial charge in [-0.15, -0.1) is 0 Å². The van der Waals surface area contributed by atoms with Crippen LogP contribution in [0.2, 0.25) is 0 Å². The molecule has 14 heavy (non-hydrogen) atoms. The van der Waals surface area contributed by atoms with Crippen LogP contribution in [0.3, 0.4) is 0 Å². The van der Waals surface area contributed by atoms with Gasteiger partial charge in [-0.25, -0.2) is 8.78 Å². The predicted molar refractivity (Wildman–Crippen MR) is 48.9 cm³/mol. The maximum Gasteiger partial charge on any atom is 0.140 e. The zero-order chi connectivity index (χ0) is 10.1. The van der Waals surface area contributed by atoms with E-state index in [1.54, 1.807) is 6.07 Å². The highest BCUT2D eigenvalue weighted by Crippen LogP contribution is 2.23. The van der Waals surface area contributed by atoms with Gasteiger partial charge in [0, 0.05) is 18.6 Å². The van der Waals surface area contributed by atoms with Gasteiger partial charge in [0.1, 0.15) is 23.0 Å². The zero-order valence-electron chi connectivity index (χ0n) is 7.39. The number of benzene rings is 1. The van der Waals surface area contributed by atoms with Crippen molar-refractivity contribution in [3.63, 3.8) is 0 Å². The van der Waals surface area contributed by atoms with Gasteiger partial charge in [-0.3, -0.25) is 0 Å². The summed E-state index contributed by atoms with van der Waals surface area (Å²) in [7, 11) is 0. The van der Waals surface area contributed by atoms with Crippen LogP contribution in [0, 0.1) is 11.6 Å². The zero-order valence-corrected chi connectivity index (χ0v) is 7.39. The second-order valence-electron chi connectivity index (χ2n) is 3.05. The fraction of sp³-hybridized carbons (Fsp3) is 0.200. The summed E-state index contributed by atoms with van der Waals surface area (Å²) in [5, 5.41) is 0.301. The summed E-state index contributed by atoms with van der Waals surface area (Å²) in [5.74, 6) is -0.664. The van der Waals surface area contributed by atoms with Crippen LogP contribution in [0.4, 0.5) is 8.78 Å². The summed E-state index contributed by atoms with van der Waals surface area (Å²) < 4.78 is 31.1. The number of hydrogen-bond acceptors (Lipinski definition) is 2. The molecule has 1 aromatic carbocycles. The van der Waals surface area contributed by atoms with Crippen molar-refractivity contribution in [2.24, 2.45) is 5.73 Å². The van der Waals surface area contributed by atoms with Gasteiger partial charge in [0.2, 0.25) is 0 Å². The van der Waals surface area contributed by atoms with Gasteiger partial charge < -0.3 is 10.2 Å². The molecule has 0 bridgehead atoms. The second-order valence-corrected chi connectivity index (χ2v) is 3.05. The van der Waals surface area contributed by atoms with E-state index in [9.17, 15) is 8.78 Å². The first kappa shape index (κ1) is 9.15. The number of rotatable bonds is 2. The fourth-order valence-corrected chi connectivity index (χ4v) is 1.38. The molecule has 0 radical (unpaired) electrons. The summed E-state index contributed by atoms with van der Waals surface area (Å²) in [6, 6.07) is 3.56. The van der Waals surface area contributed by atoms with Crippen LogP contribution in [-0.4, -0.2) is 6.54 Å². The molecule has 2 N–H and O–H groups in total. The fourth-order valence-electron chi connectivity index (χ4n) is 1.38. The number of halogens is 2. The quantitative estimate of drug-likeness (QED) is 0.801. The second kappa shape index (κ2) is 3.38. The molecule has 0 atom stereocenters. The SMILES string of the molecule is NCCc1cc2c(F)cc(F)cc2o1. The van der Waals surface area contributed by atoms with Gasteiger partial charge in [-0.05, 0) is 12.6 Å². The summed E-state index contributed by atoms with van der Waals surface area (Å²) in [6.07, 6.45) is 0.524. The van der Waals surface area contributed by atoms with Crippen LogP contribution in [0.1, 0.15) is 5.76 Å². The Morgan fingerprint density at radius 2 is 2.00 bits per heavy atom. The highest BCUT2D eigenvalue weighted by atomic mass is 19.1. The molecular formula is C10H9F2NO. The molecule has 1 heterocycles. The molecular weight excluding hydrogens is 188 g/mol. The smallest absolute Gasteiger partial charge is 0.140 e. The van der Waals surface area contributed by atoms with Crippen LogP contribution in [-0.2, 0) is 6.42 Å². The standard InChI is InChI=1S/C10H9F2NO/c11-6-3-9(12)8-5-7(1-2-13)14-10(8)4-6/h3-5H,1-2,13H2. The van der Waals surface area contributed by atoms with Crippen molar-refractivity contribution in [2.45, 2.75) is 6.42 Å². The molecule has 1 aromatic heterocycles.